The zero-order valence-corrected chi connectivity index (χ0v) is 11.8. The average molecular weight is 269 g/mol. The number of Topliss-reactive ketones (excluding diaryl/α,β-unsaturated/α-hetero) is 1. The molecule has 0 atom stereocenters. The maximum absolute atomic E-state index is 12.2. The molecule has 2 rings (SSSR count). The maximum Gasteiger partial charge on any atom is 0.164 e. The highest BCUT2D eigenvalue weighted by atomic mass is 16.3. The molecule has 0 radical (unpaired) electrons. The molecule has 0 saturated heterocycles. The first kappa shape index (κ1) is 14.1. The second kappa shape index (κ2) is 6.24. The maximum atomic E-state index is 12.2. The molecule has 0 aliphatic rings. The van der Waals surface area contributed by atoms with Gasteiger partial charge in [0.1, 0.15) is 5.75 Å². The van der Waals surface area contributed by atoms with Gasteiger partial charge in [0.15, 0.2) is 5.78 Å². The predicted octanol–water partition coefficient (Wildman–Crippen LogP) is 3.41. The molecule has 3 nitrogen and oxygen atoms in total. The summed E-state index contributed by atoms with van der Waals surface area (Å²) in [5, 5.41) is 9.26. The van der Waals surface area contributed by atoms with Crippen molar-refractivity contribution in [1.82, 2.24) is 0 Å². The molecule has 0 aliphatic carbocycles. The number of nitrogens with zero attached hydrogens (tertiary/aromatic N) is 1. The largest absolute Gasteiger partial charge is 0.508 e. The fraction of sp³-hybridized carbons (Fsp3) is 0.235. The molecule has 0 aliphatic heterocycles. The first-order valence-corrected chi connectivity index (χ1v) is 6.67. The van der Waals surface area contributed by atoms with E-state index in [0.717, 1.165) is 16.8 Å². The summed E-state index contributed by atoms with van der Waals surface area (Å²) in [6.45, 7) is 2.61. The van der Waals surface area contributed by atoms with Crippen LogP contribution in [0.3, 0.4) is 0 Å². The number of aryl methyl sites for hydroxylation is 1. The minimum atomic E-state index is 0.161. The molecule has 0 aromatic heterocycles. The lowest BCUT2D eigenvalue weighted by Crippen LogP contribution is -2.21. The number of hydrogen-bond acceptors (Lipinski definition) is 3. The number of carbonyl (C=O) groups excluding carboxylic acids is 1. The zero-order chi connectivity index (χ0) is 14.5. The molecular formula is C17H19NO2. The molecule has 0 amide bonds. The third kappa shape index (κ3) is 3.38. The highest BCUT2D eigenvalue weighted by Gasteiger charge is 2.10. The highest BCUT2D eigenvalue weighted by Crippen LogP contribution is 2.18. The SMILES string of the molecule is Cc1ccccc1C(=O)CCN(C)c1ccc(O)cc1. The van der Waals surface area contributed by atoms with E-state index >= 15 is 0 Å². The van der Waals surface area contributed by atoms with E-state index in [-0.39, 0.29) is 11.5 Å². The summed E-state index contributed by atoms with van der Waals surface area (Å²) in [5.74, 6) is 0.409. The van der Waals surface area contributed by atoms with E-state index in [1.54, 1.807) is 12.1 Å². The topological polar surface area (TPSA) is 40.5 Å². The van der Waals surface area contributed by atoms with Gasteiger partial charge in [-0.15, -0.1) is 0 Å². The monoisotopic (exact) mass is 269 g/mol. The van der Waals surface area contributed by atoms with E-state index in [1.807, 2.05) is 55.3 Å². The molecule has 0 bridgehead atoms. The van der Waals surface area contributed by atoms with Crippen LogP contribution in [-0.2, 0) is 0 Å². The number of phenols is 1. The van der Waals surface area contributed by atoms with Gasteiger partial charge in [0.05, 0.1) is 0 Å². The summed E-state index contributed by atoms with van der Waals surface area (Å²) >= 11 is 0. The van der Waals surface area contributed by atoms with Crippen LogP contribution in [0.1, 0.15) is 22.3 Å². The lowest BCUT2D eigenvalue weighted by molar-refractivity contribution is 0.0984. The third-order valence-electron chi connectivity index (χ3n) is 3.41. The third-order valence-corrected chi connectivity index (χ3v) is 3.41. The minimum Gasteiger partial charge on any atom is -0.508 e. The van der Waals surface area contributed by atoms with Crippen LogP contribution in [-0.4, -0.2) is 24.5 Å². The fourth-order valence-corrected chi connectivity index (χ4v) is 2.13. The molecule has 20 heavy (non-hydrogen) atoms. The summed E-state index contributed by atoms with van der Waals surface area (Å²) in [4.78, 5) is 14.2. The minimum absolute atomic E-state index is 0.161. The van der Waals surface area contributed by atoms with Crippen LogP contribution in [0.15, 0.2) is 48.5 Å². The Balaban J connectivity index is 1.97. The number of rotatable bonds is 5. The predicted molar refractivity (Wildman–Crippen MR) is 81.5 cm³/mol. The number of hydrogen-bond donors (Lipinski definition) is 1. The summed E-state index contributed by atoms with van der Waals surface area (Å²) < 4.78 is 0. The van der Waals surface area contributed by atoms with Gasteiger partial charge in [-0.2, -0.15) is 0 Å². The molecule has 3 heteroatoms. The Hall–Kier alpha value is -2.29. The fourth-order valence-electron chi connectivity index (χ4n) is 2.13. The number of anilines is 1. The Bertz CT molecular complexity index is 590. The van der Waals surface area contributed by atoms with Crippen LogP contribution in [0.25, 0.3) is 0 Å². The number of benzene rings is 2. The van der Waals surface area contributed by atoms with Crippen molar-refractivity contribution in [1.29, 1.82) is 0 Å². The second-order valence-electron chi connectivity index (χ2n) is 4.93. The van der Waals surface area contributed by atoms with Gasteiger partial charge in [-0.1, -0.05) is 24.3 Å². The molecule has 0 spiro atoms. The Kier molecular flexibility index (Phi) is 4.41. The molecular weight excluding hydrogens is 250 g/mol. The van der Waals surface area contributed by atoms with Crippen molar-refractivity contribution in [3.63, 3.8) is 0 Å². The van der Waals surface area contributed by atoms with Crippen molar-refractivity contribution in [2.75, 3.05) is 18.5 Å². The Labute approximate surface area is 119 Å². The average Bonchev–Trinajstić information content (AvgIpc) is 2.45. The van der Waals surface area contributed by atoms with Gasteiger partial charge in [0.25, 0.3) is 0 Å². The van der Waals surface area contributed by atoms with Crippen molar-refractivity contribution in [3.8, 4) is 5.75 Å². The number of aromatic hydroxyl groups is 1. The summed E-state index contributed by atoms with van der Waals surface area (Å²) in [5.41, 5.74) is 2.80. The second-order valence-corrected chi connectivity index (χ2v) is 4.93. The van der Waals surface area contributed by atoms with Crippen LogP contribution >= 0.6 is 0 Å². The van der Waals surface area contributed by atoms with Crippen molar-refractivity contribution in [3.05, 3.63) is 59.7 Å². The molecule has 0 saturated carbocycles. The van der Waals surface area contributed by atoms with E-state index < -0.39 is 0 Å². The summed E-state index contributed by atoms with van der Waals surface area (Å²) in [6.07, 6.45) is 0.474. The number of ketones is 1. The Morgan fingerprint density at radius 2 is 1.75 bits per heavy atom. The van der Waals surface area contributed by atoms with Crippen LogP contribution < -0.4 is 4.90 Å². The van der Waals surface area contributed by atoms with E-state index in [9.17, 15) is 9.90 Å². The smallest absolute Gasteiger partial charge is 0.164 e. The molecule has 104 valence electrons. The molecule has 0 fully saturated rings. The molecule has 2 aromatic carbocycles. The summed E-state index contributed by atoms with van der Waals surface area (Å²) in [6, 6.07) is 14.6. The van der Waals surface area contributed by atoms with Crippen molar-refractivity contribution in [2.45, 2.75) is 13.3 Å². The van der Waals surface area contributed by atoms with Gasteiger partial charge in [-0.05, 0) is 36.8 Å². The molecule has 1 N–H and O–H groups in total. The van der Waals surface area contributed by atoms with Gasteiger partial charge in [0, 0.05) is 31.3 Å². The quantitative estimate of drug-likeness (QED) is 0.846. The van der Waals surface area contributed by atoms with Crippen molar-refractivity contribution >= 4 is 11.5 Å². The number of phenolic OH excluding ortho intramolecular Hbond substituents is 1. The van der Waals surface area contributed by atoms with Crippen LogP contribution in [0, 0.1) is 6.92 Å². The molecule has 0 unspecified atom stereocenters. The molecule has 0 heterocycles. The Morgan fingerprint density at radius 1 is 1.10 bits per heavy atom. The standard InChI is InChI=1S/C17H19NO2/c1-13-5-3-4-6-16(13)17(20)11-12-18(2)14-7-9-15(19)10-8-14/h3-10,19H,11-12H2,1-2H3. The van der Waals surface area contributed by atoms with E-state index in [1.165, 1.54) is 0 Å². The van der Waals surface area contributed by atoms with Gasteiger partial charge >= 0.3 is 0 Å². The van der Waals surface area contributed by atoms with Gasteiger partial charge in [0.2, 0.25) is 0 Å². The van der Waals surface area contributed by atoms with E-state index in [4.69, 9.17) is 0 Å². The lowest BCUT2D eigenvalue weighted by Gasteiger charge is -2.19. The van der Waals surface area contributed by atoms with Crippen LogP contribution in [0.5, 0.6) is 5.75 Å². The van der Waals surface area contributed by atoms with Crippen LogP contribution in [0.4, 0.5) is 5.69 Å². The lowest BCUT2D eigenvalue weighted by atomic mass is 10.0. The van der Waals surface area contributed by atoms with Gasteiger partial charge in [-0.25, -0.2) is 0 Å². The first-order valence-electron chi connectivity index (χ1n) is 6.67. The normalized spacial score (nSPS) is 10.3. The van der Waals surface area contributed by atoms with E-state index in [2.05, 4.69) is 0 Å². The number of carbonyl (C=O) groups is 1. The Morgan fingerprint density at radius 3 is 2.40 bits per heavy atom. The molecule has 2 aromatic rings. The zero-order valence-electron chi connectivity index (χ0n) is 11.8. The van der Waals surface area contributed by atoms with Crippen molar-refractivity contribution < 1.29 is 9.90 Å². The highest BCUT2D eigenvalue weighted by molar-refractivity contribution is 5.97. The van der Waals surface area contributed by atoms with E-state index in [0.29, 0.717) is 13.0 Å². The van der Waals surface area contributed by atoms with Gasteiger partial charge < -0.3 is 10.0 Å². The van der Waals surface area contributed by atoms with Crippen molar-refractivity contribution in [2.24, 2.45) is 0 Å². The van der Waals surface area contributed by atoms with Gasteiger partial charge in [-0.3, -0.25) is 4.79 Å². The first-order chi connectivity index (χ1) is 9.58. The summed E-state index contributed by atoms with van der Waals surface area (Å²) in [7, 11) is 1.94. The van der Waals surface area contributed by atoms with Crippen LogP contribution in [0.2, 0.25) is 0 Å².